The topological polar surface area (TPSA) is 3.24 Å². The second kappa shape index (κ2) is 2.48. The molecular weight excluding hydrogens is 94.1 g/mol. The number of nitrogens with zero attached hydrogens (tertiary/aromatic N) is 1. The molecule has 1 radical (unpaired) electrons. The first-order valence-electron chi connectivity index (χ1n) is 1.97. The molecule has 0 aliphatic carbocycles. The molecule has 0 aromatic carbocycles. The zero-order chi connectivity index (χ0) is 5.15. The maximum absolute atomic E-state index is 4.83. The fourth-order valence-corrected chi connectivity index (χ4v) is 0. The van der Waals surface area contributed by atoms with Crippen LogP contribution in [0.15, 0.2) is 0 Å². The van der Waals surface area contributed by atoms with Gasteiger partial charge in [0.1, 0.15) is 0 Å². The van der Waals surface area contributed by atoms with Crippen molar-refractivity contribution >= 4 is 12.6 Å². The molecule has 0 aliphatic rings. The number of hydrogen-bond donors (Lipinski definition) is 0. The van der Waals surface area contributed by atoms with E-state index in [0.717, 1.165) is 0 Å². The summed E-state index contributed by atoms with van der Waals surface area (Å²) in [6.07, 6.45) is 0. The standard InChI is InChI=1S/C4H10NS/c1-4(6)5(2)3/h4H,1-3H3. The first-order valence-corrected chi connectivity index (χ1v) is 2.44. The van der Waals surface area contributed by atoms with Crippen LogP contribution in [0.4, 0.5) is 0 Å². The molecule has 0 rings (SSSR count). The van der Waals surface area contributed by atoms with Crippen molar-refractivity contribution in [3.8, 4) is 0 Å². The molecule has 6 heavy (non-hydrogen) atoms. The van der Waals surface area contributed by atoms with Gasteiger partial charge in [-0.2, -0.15) is 0 Å². The Labute approximate surface area is 44.7 Å². The summed E-state index contributed by atoms with van der Waals surface area (Å²) in [6.45, 7) is 1.98. The SMILES string of the molecule is CC([S])N(C)C. The van der Waals surface area contributed by atoms with E-state index in [1.54, 1.807) is 0 Å². The van der Waals surface area contributed by atoms with Gasteiger partial charge in [0.2, 0.25) is 0 Å². The monoisotopic (exact) mass is 104 g/mol. The lowest BCUT2D eigenvalue weighted by molar-refractivity contribution is 0.404. The molecule has 0 amide bonds. The van der Waals surface area contributed by atoms with E-state index in [0.29, 0.717) is 0 Å². The summed E-state index contributed by atoms with van der Waals surface area (Å²) in [5, 5.41) is 0.269. The molecule has 37 valence electrons. The van der Waals surface area contributed by atoms with Gasteiger partial charge >= 0.3 is 0 Å². The Morgan fingerprint density at radius 1 is 1.50 bits per heavy atom. The van der Waals surface area contributed by atoms with E-state index in [2.05, 4.69) is 0 Å². The molecule has 0 N–H and O–H groups in total. The van der Waals surface area contributed by atoms with Gasteiger partial charge < -0.3 is 0 Å². The van der Waals surface area contributed by atoms with Crippen LogP contribution >= 0.6 is 12.6 Å². The van der Waals surface area contributed by atoms with Gasteiger partial charge in [-0.25, -0.2) is 0 Å². The van der Waals surface area contributed by atoms with Crippen LogP contribution in [0.25, 0.3) is 0 Å². The summed E-state index contributed by atoms with van der Waals surface area (Å²) >= 11 is 4.83. The summed E-state index contributed by atoms with van der Waals surface area (Å²) in [7, 11) is 3.94. The minimum absolute atomic E-state index is 0.269. The highest BCUT2D eigenvalue weighted by Gasteiger charge is 1.92. The highest BCUT2D eigenvalue weighted by molar-refractivity contribution is 7.80. The molecule has 1 atom stereocenters. The van der Waals surface area contributed by atoms with E-state index in [1.807, 2.05) is 25.9 Å². The molecule has 2 heteroatoms. The molecule has 0 aromatic rings. The summed E-state index contributed by atoms with van der Waals surface area (Å²) in [4.78, 5) is 1.98. The minimum Gasteiger partial charge on any atom is -0.297 e. The fourth-order valence-electron chi connectivity index (χ4n) is 0. The van der Waals surface area contributed by atoms with Crippen LogP contribution in [0.1, 0.15) is 6.92 Å². The van der Waals surface area contributed by atoms with Gasteiger partial charge in [-0.3, -0.25) is 4.90 Å². The van der Waals surface area contributed by atoms with E-state index in [-0.39, 0.29) is 5.37 Å². The van der Waals surface area contributed by atoms with Crippen molar-refractivity contribution < 1.29 is 0 Å². The van der Waals surface area contributed by atoms with Crippen molar-refractivity contribution in [2.24, 2.45) is 0 Å². The molecule has 0 spiro atoms. The molecule has 0 saturated heterocycles. The second-order valence-corrected chi connectivity index (χ2v) is 2.25. The Kier molecular flexibility index (Phi) is 2.61. The van der Waals surface area contributed by atoms with E-state index >= 15 is 0 Å². The molecule has 1 nitrogen and oxygen atoms in total. The number of hydrogen-bond acceptors (Lipinski definition) is 1. The normalized spacial score (nSPS) is 15.5. The summed E-state index contributed by atoms with van der Waals surface area (Å²) in [5.41, 5.74) is 0. The number of rotatable bonds is 1. The predicted molar refractivity (Wildman–Crippen MR) is 30.7 cm³/mol. The Balaban J connectivity index is 2.99. The average molecular weight is 104 g/mol. The van der Waals surface area contributed by atoms with Crippen LogP contribution in [0.2, 0.25) is 0 Å². The third kappa shape index (κ3) is 2.54. The Hall–Kier alpha value is 0.310. The Morgan fingerprint density at radius 2 is 1.67 bits per heavy atom. The van der Waals surface area contributed by atoms with E-state index in [4.69, 9.17) is 12.6 Å². The Morgan fingerprint density at radius 3 is 1.67 bits per heavy atom. The van der Waals surface area contributed by atoms with E-state index in [9.17, 15) is 0 Å². The van der Waals surface area contributed by atoms with Crippen molar-refractivity contribution in [3.63, 3.8) is 0 Å². The van der Waals surface area contributed by atoms with Gasteiger partial charge in [-0.15, -0.1) is 0 Å². The largest absolute Gasteiger partial charge is 0.297 e. The van der Waals surface area contributed by atoms with Crippen LogP contribution in [-0.4, -0.2) is 24.4 Å². The van der Waals surface area contributed by atoms with Crippen LogP contribution in [-0.2, 0) is 0 Å². The third-order valence-corrected chi connectivity index (χ3v) is 1.15. The summed E-state index contributed by atoms with van der Waals surface area (Å²) < 4.78 is 0. The van der Waals surface area contributed by atoms with Crippen molar-refractivity contribution in [2.45, 2.75) is 12.3 Å². The fraction of sp³-hybridized carbons (Fsp3) is 1.00. The molecule has 0 heterocycles. The maximum Gasteiger partial charge on any atom is 0.0628 e. The molecule has 1 unspecified atom stereocenters. The molecular formula is C4H10NS. The molecule has 0 aliphatic heterocycles. The molecule has 0 bridgehead atoms. The zero-order valence-electron chi connectivity index (χ0n) is 4.43. The zero-order valence-corrected chi connectivity index (χ0v) is 5.25. The van der Waals surface area contributed by atoms with Crippen LogP contribution in [0.3, 0.4) is 0 Å². The highest BCUT2D eigenvalue weighted by atomic mass is 32.1. The first-order chi connectivity index (χ1) is 2.64. The van der Waals surface area contributed by atoms with Gasteiger partial charge in [0.15, 0.2) is 0 Å². The smallest absolute Gasteiger partial charge is 0.0628 e. The molecule has 0 saturated carbocycles. The minimum atomic E-state index is 0.269. The van der Waals surface area contributed by atoms with Gasteiger partial charge in [-0.05, 0) is 21.0 Å². The van der Waals surface area contributed by atoms with Crippen molar-refractivity contribution in [1.82, 2.24) is 4.90 Å². The first kappa shape index (κ1) is 6.31. The van der Waals surface area contributed by atoms with Crippen molar-refractivity contribution in [1.29, 1.82) is 0 Å². The lowest BCUT2D eigenvalue weighted by Crippen LogP contribution is -2.17. The molecule has 0 aromatic heterocycles. The van der Waals surface area contributed by atoms with Crippen molar-refractivity contribution in [2.75, 3.05) is 14.1 Å². The van der Waals surface area contributed by atoms with Crippen molar-refractivity contribution in [3.05, 3.63) is 0 Å². The van der Waals surface area contributed by atoms with Gasteiger partial charge in [0, 0.05) is 0 Å². The average Bonchev–Trinajstić information content (AvgIpc) is 1.36. The summed E-state index contributed by atoms with van der Waals surface area (Å²) in [5.74, 6) is 0. The van der Waals surface area contributed by atoms with E-state index in [1.165, 1.54) is 0 Å². The van der Waals surface area contributed by atoms with Crippen LogP contribution < -0.4 is 0 Å². The van der Waals surface area contributed by atoms with E-state index < -0.39 is 0 Å². The predicted octanol–water partition coefficient (Wildman–Crippen LogP) is 1.09. The van der Waals surface area contributed by atoms with Gasteiger partial charge in [-0.1, -0.05) is 12.6 Å². The summed E-state index contributed by atoms with van der Waals surface area (Å²) in [6, 6.07) is 0. The lowest BCUT2D eigenvalue weighted by atomic mass is 10.7. The van der Waals surface area contributed by atoms with Gasteiger partial charge in [0.05, 0.1) is 5.37 Å². The highest BCUT2D eigenvalue weighted by Crippen LogP contribution is 1.92. The second-order valence-electron chi connectivity index (χ2n) is 1.56. The third-order valence-electron chi connectivity index (χ3n) is 0.727. The lowest BCUT2D eigenvalue weighted by Gasteiger charge is -2.10. The maximum atomic E-state index is 4.83. The van der Waals surface area contributed by atoms with Crippen LogP contribution in [0, 0.1) is 0 Å². The van der Waals surface area contributed by atoms with Crippen LogP contribution in [0.5, 0.6) is 0 Å². The Bertz CT molecular complexity index is 28.5. The quantitative estimate of drug-likeness (QED) is 0.481. The molecule has 0 fully saturated rings. The van der Waals surface area contributed by atoms with Gasteiger partial charge in [0.25, 0.3) is 0 Å².